The van der Waals surface area contributed by atoms with Crippen molar-refractivity contribution in [2.45, 2.75) is 20.3 Å². The molecule has 0 fully saturated rings. The number of ether oxygens (including phenoxy) is 1. The minimum absolute atomic E-state index is 0.571. The molecule has 0 atom stereocenters. The van der Waals surface area contributed by atoms with Crippen molar-refractivity contribution < 1.29 is 4.74 Å². The Balaban J connectivity index is 1.69. The van der Waals surface area contributed by atoms with Crippen LogP contribution in [0.25, 0.3) is 17.0 Å². The molecule has 0 saturated carbocycles. The van der Waals surface area contributed by atoms with Gasteiger partial charge in [0.05, 0.1) is 5.69 Å². The lowest BCUT2D eigenvalue weighted by molar-refractivity contribution is 0.110. The van der Waals surface area contributed by atoms with Gasteiger partial charge >= 0.3 is 0 Å². The van der Waals surface area contributed by atoms with Crippen LogP contribution in [0, 0.1) is 5.92 Å². The number of nitrogens with zero attached hydrogens (tertiary/aromatic N) is 4. The molecule has 0 spiro atoms. The second kappa shape index (κ2) is 7.88. The van der Waals surface area contributed by atoms with Crippen LogP contribution >= 0.6 is 0 Å². The fourth-order valence-corrected chi connectivity index (χ4v) is 2.40. The fraction of sp³-hybridized carbons (Fsp3) is 0.389. The van der Waals surface area contributed by atoms with Gasteiger partial charge in [-0.2, -0.15) is 14.6 Å². The van der Waals surface area contributed by atoms with Crippen molar-refractivity contribution >= 4 is 11.6 Å². The predicted molar refractivity (Wildman–Crippen MR) is 95.0 cm³/mol. The Morgan fingerprint density at radius 1 is 1.21 bits per heavy atom. The average molecular weight is 325 g/mol. The Labute approximate surface area is 141 Å². The first-order chi connectivity index (χ1) is 11.7. The first kappa shape index (κ1) is 16.4. The molecule has 6 heteroatoms. The summed E-state index contributed by atoms with van der Waals surface area (Å²) >= 11 is 0. The molecule has 2 aromatic heterocycles. The van der Waals surface area contributed by atoms with Gasteiger partial charge in [-0.3, -0.25) is 0 Å². The van der Waals surface area contributed by atoms with E-state index in [2.05, 4.69) is 34.2 Å². The molecule has 2 heterocycles. The first-order valence-corrected chi connectivity index (χ1v) is 8.32. The Kier molecular flexibility index (Phi) is 5.38. The van der Waals surface area contributed by atoms with E-state index in [1.54, 1.807) is 4.52 Å². The van der Waals surface area contributed by atoms with Crippen molar-refractivity contribution in [1.29, 1.82) is 0 Å². The molecule has 0 saturated heterocycles. The van der Waals surface area contributed by atoms with Crippen LogP contribution < -0.4 is 5.32 Å². The molecule has 3 rings (SSSR count). The first-order valence-electron chi connectivity index (χ1n) is 8.32. The Morgan fingerprint density at radius 3 is 2.83 bits per heavy atom. The number of hydrogen-bond donors (Lipinski definition) is 1. The number of nitrogens with one attached hydrogen (secondary N) is 1. The Morgan fingerprint density at radius 2 is 2.04 bits per heavy atom. The fourth-order valence-electron chi connectivity index (χ4n) is 2.40. The van der Waals surface area contributed by atoms with Gasteiger partial charge in [-0.15, -0.1) is 0 Å². The SMILES string of the molecule is CC(C)COCCCNc1cc(-c2ccccc2)nc2ncnn12. The van der Waals surface area contributed by atoms with Crippen molar-refractivity contribution in [2.24, 2.45) is 5.92 Å². The zero-order valence-corrected chi connectivity index (χ0v) is 14.1. The molecule has 0 amide bonds. The van der Waals surface area contributed by atoms with E-state index in [1.807, 2.05) is 36.4 Å². The van der Waals surface area contributed by atoms with Gasteiger partial charge in [0.25, 0.3) is 5.78 Å². The summed E-state index contributed by atoms with van der Waals surface area (Å²) in [6.07, 6.45) is 2.46. The van der Waals surface area contributed by atoms with Crippen LogP contribution in [0.15, 0.2) is 42.7 Å². The van der Waals surface area contributed by atoms with Crippen molar-refractivity contribution in [3.8, 4) is 11.3 Å². The molecule has 0 unspecified atom stereocenters. The summed E-state index contributed by atoms with van der Waals surface area (Å²) in [5.41, 5.74) is 1.95. The van der Waals surface area contributed by atoms with E-state index in [1.165, 1.54) is 6.33 Å². The number of fused-ring (bicyclic) bond motifs is 1. The molecule has 1 N–H and O–H groups in total. The van der Waals surface area contributed by atoms with E-state index < -0.39 is 0 Å². The highest BCUT2D eigenvalue weighted by molar-refractivity contribution is 5.65. The quantitative estimate of drug-likeness (QED) is 0.644. The van der Waals surface area contributed by atoms with E-state index in [4.69, 9.17) is 4.74 Å². The van der Waals surface area contributed by atoms with Gasteiger partial charge in [0.1, 0.15) is 12.1 Å². The highest BCUT2D eigenvalue weighted by atomic mass is 16.5. The van der Waals surface area contributed by atoms with Crippen molar-refractivity contribution in [3.63, 3.8) is 0 Å². The molecule has 0 bridgehead atoms. The number of anilines is 1. The molecule has 1 aromatic carbocycles. The van der Waals surface area contributed by atoms with Crippen LogP contribution in [-0.4, -0.2) is 39.3 Å². The summed E-state index contributed by atoms with van der Waals surface area (Å²) in [6.45, 7) is 6.68. The van der Waals surface area contributed by atoms with Crippen LogP contribution in [0.1, 0.15) is 20.3 Å². The molecule has 3 aromatic rings. The third kappa shape index (κ3) is 4.08. The minimum Gasteiger partial charge on any atom is -0.381 e. The van der Waals surface area contributed by atoms with Gasteiger partial charge in [0.15, 0.2) is 0 Å². The zero-order chi connectivity index (χ0) is 16.8. The van der Waals surface area contributed by atoms with E-state index in [0.717, 1.165) is 43.3 Å². The lowest BCUT2D eigenvalue weighted by Crippen LogP contribution is -2.11. The van der Waals surface area contributed by atoms with Crippen LogP contribution in [0.5, 0.6) is 0 Å². The van der Waals surface area contributed by atoms with E-state index >= 15 is 0 Å². The predicted octanol–water partition coefficient (Wildman–Crippen LogP) is 3.27. The van der Waals surface area contributed by atoms with Crippen molar-refractivity contribution in [3.05, 3.63) is 42.7 Å². The minimum atomic E-state index is 0.571. The molecule has 0 radical (unpaired) electrons. The normalized spacial score (nSPS) is 11.3. The smallest absolute Gasteiger partial charge is 0.254 e. The maximum absolute atomic E-state index is 5.61. The molecule has 6 nitrogen and oxygen atoms in total. The van der Waals surface area contributed by atoms with Gasteiger partial charge in [-0.25, -0.2) is 4.98 Å². The van der Waals surface area contributed by atoms with Crippen LogP contribution in [-0.2, 0) is 4.74 Å². The zero-order valence-electron chi connectivity index (χ0n) is 14.1. The van der Waals surface area contributed by atoms with Crippen molar-refractivity contribution in [2.75, 3.05) is 25.1 Å². The second-order valence-electron chi connectivity index (χ2n) is 6.11. The third-order valence-electron chi connectivity index (χ3n) is 3.54. The Bertz CT molecular complexity index is 769. The lowest BCUT2D eigenvalue weighted by atomic mass is 10.1. The molecular formula is C18H23N5O. The number of hydrogen-bond acceptors (Lipinski definition) is 5. The molecule has 0 aliphatic rings. The third-order valence-corrected chi connectivity index (χ3v) is 3.54. The van der Waals surface area contributed by atoms with Crippen LogP contribution in [0.2, 0.25) is 0 Å². The summed E-state index contributed by atoms with van der Waals surface area (Å²) < 4.78 is 7.34. The molecule has 0 aliphatic heterocycles. The van der Waals surface area contributed by atoms with Crippen LogP contribution in [0.4, 0.5) is 5.82 Å². The van der Waals surface area contributed by atoms with E-state index in [0.29, 0.717) is 11.7 Å². The highest BCUT2D eigenvalue weighted by Crippen LogP contribution is 2.21. The van der Waals surface area contributed by atoms with Crippen molar-refractivity contribution in [1.82, 2.24) is 19.6 Å². The largest absolute Gasteiger partial charge is 0.381 e. The second-order valence-corrected chi connectivity index (χ2v) is 6.11. The number of rotatable bonds is 8. The lowest BCUT2D eigenvalue weighted by Gasteiger charge is -2.11. The molecule has 24 heavy (non-hydrogen) atoms. The summed E-state index contributed by atoms with van der Waals surface area (Å²) in [7, 11) is 0. The molecule has 0 aliphatic carbocycles. The van der Waals surface area contributed by atoms with Crippen LogP contribution in [0.3, 0.4) is 0 Å². The Hall–Kier alpha value is -2.47. The van der Waals surface area contributed by atoms with E-state index in [-0.39, 0.29) is 0 Å². The summed E-state index contributed by atoms with van der Waals surface area (Å²) in [5, 5.41) is 7.65. The summed E-state index contributed by atoms with van der Waals surface area (Å²) in [4.78, 5) is 8.79. The highest BCUT2D eigenvalue weighted by Gasteiger charge is 2.08. The van der Waals surface area contributed by atoms with Gasteiger partial charge in [-0.05, 0) is 12.3 Å². The average Bonchev–Trinajstić information content (AvgIpc) is 3.07. The summed E-state index contributed by atoms with van der Waals surface area (Å²) in [6, 6.07) is 12.1. The molecular weight excluding hydrogens is 302 g/mol. The number of benzene rings is 1. The van der Waals surface area contributed by atoms with Gasteiger partial charge in [0.2, 0.25) is 0 Å². The van der Waals surface area contributed by atoms with Gasteiger partial charge in [0, 0.05) is 31.4 Å². The number of aromatic nitrogens is 4. The van der Waals surface area contributed by atoms with Gasteiger partial charge < -0.3 is 10.1 Å². The molecule has 126 valence electrons. The monoisotopic (exact) mass is 325 g/mol. The van der Waals surface area contributed by atoms with Gasteiger partial charge in [-0.1, -0.05) is 44.2 Å². The maximum atomic E-state index is 5.61. The summed E-state index contributed by atoms with van der Waals surface area (Å²) in [5.74, 6) is 2.05. The van der Waals surface area contributed by atoms with E-state index in [9.17, 15) is 0 Å². The standard InChI is InChI=1S/C18H23N5O/c1-14(2)12-24-10-6-9-19-17-11-16(15-7-4-3-5-8-15)22-18-20-13-21-23(17)18/h3-5,7-8,11,13-14,19H,6,9-10,12H2,1-2H3. The maximum Gasteiger partial charge on any atom is 0.254 e. The topological polar surface area (TPSA) is 64.3 Å².